The van der Waals surface area contributed by atoms with E-state index in [1.165, 1.54) is 7.05 Å². The average Bonchev–Trinajstić information content (AvgIpc) is 2.54. The van der Waals surface area contributed by atoms with Crippen molar-refractivity contribution in [2.75, 3.05) is 13.6 Å². The van der Waals surface area contributed by atoms with Crippen molar-refractivity contribution in [1.29, 1.82) is 0 Å². The van der Waals surface area contributed by atoms with Crippen LogP contribution in [0.4, 0.5) is 0 Å². The zero-order valence-electron chi connectivity index (χ0n) is 15.7. The highest BCUT2D eigenvalue weighted by molar-refractivity contribution is 7.89. The highest BCUT2D eigenvalue weighted by atomic mass is 32.2. The van der Waals surface area contributed by atoms with Gasteiger partial charge in [-0.1, -0.05) is 48.0 Å². The molecule has 0 aliphatic rings. The van der Waals surface area contributed by atoms with Crippen molar-refractivity contribution in [3.63, 3.8) is 0 Å². The summed E-state index contributed by atoms with van der Waals surface area (Å²) < 4.78 is 26.2. The zero-order chi connectivity index (χ0) is 19.4. The first-order valence-electron chi connectivity index (χ1n) is 8.48. The number of hydrogen-bond acceptors (Lipinski definition) is 3. The van der Waals surface area contributed by atoms with Crippen LogP contribution in [-0.4, -0.2) is 37.8 Å². The number of nitrogens with zero attached hydrogens (tertiary/aromatic N) is 1. The molecule has 0 spiro atoms. The maximum Gasteiger partial charge on any atom is 0.243 e. The molecular formula is C20H26N2O3S. The molecule has 0 saturated heterocycles. The number of sulfonamides is 1. The van der Waals surface area contributed by atoms with Crippen LogP contribution in [0.2, 0.25) is 0 Å². The highest BCUT2D eigenvalue weighted by Crippen LogP contribution is 2.16. The molecule has 0 fully saturated rings. The third-order valence-corrected chi connectivity index (χ3v) is 5.88. The van der Waals surface area contributed by atoms with E-state index in [4.69, 9.17) is 0 Å². The fraction of sp³-hybridized carbons (Fsp3) is 0.350. The third-order valence-electron chi connectivity index (χ3n) is 4.06. The molecule has 2 aromatic carbocycles. The largest absolute Gasteiger partial charge is 0.350 e. The summed E-state index contributed by atoms with van der Waals surface area (Å²) in [5, 5.41) is 2.92. The van der Waals surface area contributed by atoms with Gasteiger partial charge in [-0.25, -0.2) is 8.42 Å². The van der Waals surface area contributed by atoms with Gasteiger partial charge in [-0.2, -0.15) is 4.31 Å². The van der Waals surface area contributed by atoms with Gasteiger partial charge in [0.1, 0.15) is 0 Å². The minimum absolute atomic E-state index is 0.182. The van der Waals surface area contributed by atoms with Crippen molar-refractivity contribution in [3.05, 3.63) is 65.7 Å². The third kappa shape index (κ3) is 5.41. The molecule has 1 amide bonds. The Morgan fingerprint density at radius 1 is 1.04 bits per heavy atom. The van der Waals surface area contributed by atoms with Crippen LogP contribution in [0.5, 0.6) is 0 Å². The van der Waals surface area contributed by atoms with Gasteiger partial charge in [0.25, 0.3) is 0 Å². The Bertz CT molecular complexity index is 844. The van der Waals surface area contributed by atoms with E-state index in [0.717, 1.165) is 15.4 Å². The quantitative estimate of drug-likeness (QED) is 0.810. The summed E-state index contributed by atoms with van der Waals surface area (Å²) >= 11 is 0. The Morgan fingerprint density at radius 2 is 1.62 bits per heavy atom. The number of carbonyl (C=O) groups excluding carboxylic acids is 1. The van der Waals surface area contributed by atoms with Gasteiger partial charge < -0.3 is 5.32 Å². The van der Waals surface area contributed by atoms with Gasteiger partial charge in [0.2, 0.25) is 15.9 Å². The Balaban J connectivity index is 2.00. The van der Waals surface area contributed by atoms with Crippen molar-refractivity contribution < 1.29 is 13.2 Å². The summed E-state index contributed by atoms with van der Waals surface area (Å²) in [4.78, 5) is 12.6. The molecule has 0 heterocycles. The van der Waals surface area contributed by atoms with E-state index in [2.05, 4.69) is 5.32 Å². The van der Waals surface area contributed by atoms with Gasteiger partial charge in [-0.3, -0.25) is 4.79 Å². The Kier molecular flexibility index (Phi) is 6.21. The van der Waals surface area contributed by atoms with E-state index < -0.39 is 15.6 Å². The van der Waals surface area contributed by atoms with E-state index in [0.29, 0.717) is 6.42 Å². The fourth-order valence-corrected chi connectivity index (χ4v) is 3.87. The minimum Gasteiger partial charge on any atom is -0.350 e. The first-order valence-corrected chi connectivity index (χ1v) is 9.92. The molecule has 6 heteroatoms. The molecular weight excluding hydrogens is 348 g/mol. The van der Waals surface area contributed by atoms with E-state index in [9.17, 15) is 13.2 Å². The van der Waals surface area contributed by atoms with Crippen LogP contribution in [0.3, 0.4) is 0 Å². The molecule has 0 radical (unpaired) electrons. The molecule has 0 bridgehead atoms. The molecule has 2 aromatic rings. The van der Waals surface area contributed by atoms with Crippen LogP contribution >= 0.6 is 0 Å². The highest BCUT2D eigenvalue weighted by Gasteiger charge is 2.26. The SMILES string of the molecule is Cc1ccc(S(=O)(=O)N(C)CC(=O)NC(C)(C)Cc2ccccc2)cc1. The van der Waals surface area contributed by atoms with Gasteiger partial charge in [0, 0.05) is 12.6 Å². The second-order valence-corrected chi connectivity index (χ2v) is 9.21. The summed E-state index contributed by atoms with van der Waals surface area (Å²) in [6.07, 6.45) is 0.661. The molecule has 140 valence electrons. The second kappa shape index (κ2) is 8.01. The van der Waals surface area contributed by atoms with Gasteiger partial charge in [-0.05, 0) is 44.9 Å². The van der Waals surface area contributed by atoms with Crippen LogP contribution < -0.4 is 5.32 Å². The lowest BCUT2D eigenvalue weighted by Gasteiger charge is -2.27. The molecule has 26 heavy (non-hydrogen) atoms. The van der Waals surface area contributed by atoms with Crippen molar-refractivity contribution in [2.45, 2.75) is 37.6 Å². The summed E-state index contributed by atoms with van der Waals surface area (Å²) in [7, 11) is -2.28. The molecule has 0 aliphatic carbocycles. The number of hydrogen-bond donors (Lipinski definition) is 1. The lowest BCUT2D eigenvalue weighted by atomic mass is 9.95. The lowest BCUT2D eigenvalue weighted by Crippen LogP contribution is -2.49. The van der Waals surface area contributed by atoms with Crippen molar-refractivity contribution in [1.82, 2.24) is 9.62 Å². The molecule has 0 unspecified atom stereocenters. The van der Waals surface area contributed by atoms with Crippen molar-refractivity contribution in [2.24, 2.45) is 0 Å². The Morgan fingerprint density at radius 3 is 2.19 bits per heavy atom. The maximum atomic E-state index is 12.6. The molecule has 5 nitrogen and oxygen atoms in total. The van der Waals surface area contributed by atoms with Gasteiger partial charge >= 0.3 is 0 Å². The van der Waals surface area contributed by atoms with Crippen LogP contribution in [-0.2, 0) is 21.2 Å². The van der Waals surface area contributed by atoms with Gasteiger partial charge in [-0.15, -0.1) is 0 Å². The van der Waals surface area contributed by atoms with Crippen LogP contribution in [0.25, 0.3) is 0 Å². The van der Waals surface area contributed by atoms with Crippen LogP contribution in [0.1, 0.15) is 25.0 Å². The smallest absolute Gasteiger partial charge is 0.243 e. The van der Waals surface area contributed by atoms with E-state index in [-0.39, 0.29) is 17.3 Å². The first kappa shape index (κ1) is 20.1. The molecule has 1 N–H and O–H groups in total. The van der Waals surface area contributed by atoms with Gasteiger partial charge in [0.05, 0.1) is 11.4 Å². The molecule has 0 aliphatic heterocycles. The fourth-order valence-electron chi connectivity index (χ4n) is 2.74. The minimum atomic E-state index is -3.69. The molecule has 0 aromatic heterocycles. The Labute approximate surface area is 156 Å². The van der Waals surface area contributed by atoms with Crippen molar-refractivity contribution in [3.8, 4) is 0 Å². The van der Waals surface area contributed by atoms with E-state index >= 15 is 0 Å². The molecule has 0 saturated carbocycles. The molecule has 0 atom stereocenters. The van der Waals surface area contributed by atoms with Gasteiger partial charge in [0.15, 0.2) is 0 Å². The number of benzene rings is 2. The summed E-state index contributed by atoms with van der Waals surface area (Å²) in [5.74, 6) is -0.330. The summed E-state index contributed by atoms with van der Waals surface area (Å²) in [6, 6.07) is 16.4. The first-order chi connectivity index (χ1) is 12.1. The number of likely N-dealkylation sites (N-methyl/N-ethyl adjacent to an activating group) is 1. The average molecular weight is 375 g/mol. The predicted octanol–water partition coefficient (Wildman–Crippen LogP) is 2.75. The molecule has 2 rings (SSSR count). The maximum absolute atomic E-state index is 12.6. The van der Waals surface area contributed by atoms with Crippen LogP contribution in [0, 0.1) is 6.92 Å². The normalized spacial score (nSPS) is 12.2. The number of nitrogens with one attached hydrogen (secondary N) is 1. The number of rotatable bonds is 7. The lowest BCUT2D eigenvalue weighted by molar-refractivity contribution is -0.122. The standard InChI is InChI=1S/C20H26N2O3S/c1-16-10-12-18(13-11-16)26(24,25)22(4)15-19(23)21-20(2,3)14-17-8-6-5-7-9-17/h5-13H,14-15H2,1-4H3,(H,21,23). The summed E-state index contributed by atoms with van der Waals surface area (Å²) in [6.45, 7) is 5.51. The number of aryl methyl sites for hydroxylation is 1. The van der Waals surface area contributed by atoms with E-state index in [1.54, 1.807) is 24.3 Å². The number of carbonyl (C=O) groups is 1. The van der Waals surface area contributed by atoms with E-state index in [1.807, 2.05) is 51.1 Å². The predicted molar refractivity (Wildman–Crippen MR) is 103 cm³/mol. The van der Waals surface area contributed by atoms with Crippen LogP contribution in [0.15, 0.2) is 59.5 Å². The number of amides is 1. The second-order valence-electron chi connectivity index (χ2n) is 7.17. The zero-order valence-corrected chi connectivity index (χ0v) is 16.5. The topological polar surface area (TPSA) is 66.5 Å². The summed E-state index contributed by atoms with van der Waals surface area (Å²) in [5.41, 5.74) is 1.61. The monoisotopic (exact) mass is 374 g/mol. The Hall–Kier alpha value is -2.18. The van der Waals surface area contributed by atoms with Crippen molar-refractivity contribution >= 4 is 15.9 Å².